The van der Waals surface area contributed by atoms with Crippen LogP contribution in [0.4, 0.5) is 0 Å². The summed E-state index contributed by atoms with van der Waals surface area (Å²) in [5, 5.41) is 9.96. The van der Waals surface area contributed by atoms with E-state index in [9.17, 15) is 5.11 Å². The van der Waals surface area contributed by atoms with Gasteiger partial charge >= 0.3 is 0 Å². The highest BCUT2D eigenvalue weighted by atomic mass is 16.3. The second kappa shape index (κ2) is 4.60. The van der Waals surface area contributed by atoms with Crippen molar-refractivity contribution in [2.45, 2.75) is 44.8 Å². The van der Waals surface area contributed by atoms with Crippen molar-refractivity contribution in [2.75, 3.05) is 20.1 Å². The molecule has 0 aromatic heterocycles. The summed E-state index contributed by atoms with van der Waals surface area (Å²) in [4.78, 5) is 2.22. The minimum atomic E-state index is -0.572. The normalized spacial score (nSPS) is 23.6. The van der Waals surface area contributed by atoms with Gasteiger partial charge in [0.05, 0.1) is 5.60 Å². The fourth-order valence-electron chi connectivity index (χ4n) is 1.98. The van der Waals surface area contributed by atoms with Gasteiger partial charge in [0.25, 0.3) is 0 Å². The topological polar surface area (TPSA) is 49.5 Å². The van der Waals surface area contributed by atoms with E-state index >= 15 is 0 Å². The lowest BCUT2D eigenvalue weighted by Gasteiger charge is -2.33. The van der Waals surface area contributed by atoms with Crippen molar-refractivity contribution in [1.29, 1.82) is 0 Å². The lowest BCUT2D eigenvalue weighted by atomic mass is 10.0. The molecule has 2 unspecified atom stereocenters. The Morgan fingerprint density at radius 2 is 2.14 bits per heavy atom. The number of nitrogens with two attached hydrogens (primary N) is 1. The van der Waals surface area contributed by atoms with Gasteiger partial charge in [-0.15, -0.1) is 0 Å². The smallest absolute Gasteiger partial charge is 0.0743 e. The molecule has 1 aliphatic carbocycles. The first kappa shape index (κ1) is 12.0. The van der Waals surface area contributed by atoms with Gasteiger partial charge in [-0.2, -0.15) is 0 Å². The van der Waals surface area contributed by atoms with E-state index in [0.29, 0.717) is 12.6 Å². The van der Waals surface area contributed by atoms with E-state index in [1.807, 2.05) is 13.8 Å². The maximum absolute atomic E-state index is 9.96. The zero-order valence-electron chi connectivity index (χ0n) is 9.66. The Morgan fingerprint density at radius 1 is 1.57 bits per heavy atom. The Labute approximate surface area is 87.3 Å². The molecule has 3 N–H and O–H groups in total. The molecular formula is C11H24N2O. The molecule has 3 nitrogen and oxygen atoms in total. The molecule has 1 aliphatic rings. The largest absolute Gasteiger partial charge is 0.389 e. The maximum Gasteiger partial charge on any atom is 0.0743 e. The van der Waals surface area contributed by atoms with Crippen LogP contribution in [0.15, 0.2) is 0 Å². The summed E-state index contributed by atoms with van der Waals surface area (Å²) < 4.78 is 0. The Hall–Kier alpha value is -0.120. The lowest BCUT2D eigenvalue weighted by Crippen LogP contribution is -2.47. The molecule has 1 rings (SSSR count). The average molecular weight is 200 g/mol. The summed E-state index contributed by atoms with van der Waals surface area (Å²) in [6, 6.07) is 0.466. The minimum absolute atomic E-state index is 0.466. The third-order valence-electron chi connectivity index (χ3n) is 3.33. The predicted molar refractivity (Wildman–Crippen MR) is 59.1 cm³/mol. The fourth-order valence-corrected chi connectivity index (χ4v) is 1.98. The van der Waals surface area contributed by atoms with Crippen LogP contribution in [0.5, 0.6) is 0 Å². The van der Waals surface area contributed by atoms with Gasteiger partial charge in [-0.1, -0.05) is 6.92 Å². The summed E-state index contributed by atoms with van der Waals surface area (Å²) >= 11 is 0. The van der Waals surface area contributed by atoms with Gasteiger partial charge in [0.2, 0.25) is 0 Å². The number of aliphatic hydroxyl groups is 1. The number of hydrogen-bond donors (Lipinski definition) is 2. The molecule has 1 fully saturated rings. The van der Waals surface area contributed by atoms with Crippen LogP contribution in [0, 0.1) is 5.92 Å². The Bertz CT molecular complexity index is 178. The van der Waals surface area contributed by atoms with E-state index < -0.39 is 5.60 Å². The van der Waals surface area contributed by atoms with Crippen molar-refractivity contribution in [1.82, 2.24) is 4.90 Å². The average Bonchev–Trinajstić information content (AvgIpc) is 2.89. The van der Waals surface area contributed by atoms with Crippen LogP contribution in [0.25, 0.3) is 0 Å². The number of nitrogens with zero attached hydrogens (tertiary/aromatic N) is 1. The highest BCUT2D eigenvalue weighted by Gasteiger charge is 2.34. The summed E-state index contributed by atoms with van der Waals surface area (Å²) in [5.41, 5.74) is 5.18. The van der Waals surface area contributed by atoms with Crippen LogP contribution in [-0.4, -0.2) is 41.8 Å². The minimum Gasteiger partial charge on any atom is -0.389 e. The summed E-state index contributed by atoms with van der Waals surface area (Å²) in [6.45, 7) is 5.34. The zero-order valence-corrected chi connectivity index (χ0v) is 9.66. The molecular weight excluding hydrogens is 176 g/mol. The fraction of sp³-hybridized carbons (Fsp3) is 1.00. The molecule has 0 aromatic carbocycles. The van der Waals surface area contributed by atoms with E-state index in [1.165, 1.54) is 12.8 Å². The molecule has 3 heteroatoms. The van der Waals surface area contributed by atoms with Gasteiger partial charge in [0, 0.05) is 19.1 Å². The molecule has 0 radical (unpaired) electrons. The molecule has 1 saturated carbocycles. The van der Waals surface area contributed by atoms with Gasteiger partial charge < -0.3 is 10.8 Å². The standard InChI is InChI=1S/C11H24N2O/c1-4-11(2,14)8-13(3)10(7-12)9-5-6-9/h9-10,14H,4-8,12H2,1-3H3. The molecule has 0 bridgehead atoms. The SMILES string of the molecule is CCC(C)(O)CN(C)C(CN)C1CC1. The van der Waals surface area contributed by atoms with Crippen LogP contribution in [0.2, 0.25) is 0 Å². The third kappa shape index (κ3) is 3.23. The maximum atomic E-state index is 9.96. The monoisotopic (exact) mass is 200 g/mol. The number of likely N-dealkylation sites (N-methyl/N-ethyl adjacent to an activating group) is 1. The second-order valence-electron chi connectivity index (χ2n) is 4.91. The van der Waals surface area contributed by atoms with Crippen LogP contribution < -0.4 is 5.73 Å². The van der Waals surface area contributed by atoms with Crippen LogP contribution >= 0.6 is 0 Å². The number of rotatable bonds is 6. The lowest BCUT2D eigenvalue weighted by molar-refractivity contribution is 0.0104. The molecule has 0 saturated heterocycles. The Morgan fingerprint density at radius 3 is 2.50 bits per heavy atom. The second-order valence-corrected chi connectivity index (χ2v) is 4.91. The van der Waals surface area contributed by atoms with Crippen molar-refractivity contribution in [3.63, 3.8) is 0 Å². The van der Waals surface area contributed by atoms with Crippen molar-refractivity contribution in [3.8, 4) is 0 Å². The highest BCUT2D eigenvalue weighted by Crippen LogP contribution is 2.34. The van der Waals surface area contributed by atoms with E-state index in [0.717, 1.165) is 18.9 Å². The van der Waals surface area contributed by atoms with E-state index in [4.69, 9.17) is 5.73 Å². The molecule has 0 aromatic rings. The Kier molecular flexibility index (Phi) is 3.93. The molecule has 0 aliphatic heterocycles. The van der Waals surface area contributed by atoms with Gasteiger partial charge in [-0.05, 0) is 39.2 Å². The van der Waals surface area contributed by atoms with Crippen LogP contribution in [0.3, 0.4) is 0 Å². The molecule has 14 heavy (non-hydrogen) atoms. The number of hydrogen-bond acceptors (Lipinski definition) is 3. The van der Waals surface area contributed by atoms with Crippen molar-refractivity contribution in [2.24, 2.45) is 11.7 Å². The van der Waals surface area contributed by atoms with Gasteiger partial charge in [0.1, 0.15) is 0 Å². The van der Waals surface area contributed by atoms with Crippen molar-refractivity contribution >= 4 is 0 Å². The predicted octanol–water partition coefficient (Wildman–Crippen LogP) is 0.816. The molecule has 2 atom stereocenters. The first-order valence-corrected chi connectivity index (χ1v) is 5.63. The zero-order chi connectivity index (χ0) is 10.8. The molecule has 0 heterocycles. The molecule has 0 spiro atoms. The van der Waals surface area contributed by atoms with Gasteiger partial charge in [0.15, 0.2) is 0 Å². The van der Waals surface area contributed by atoms with Crippen molar-refractivity contribution < 1.29 is 5.11 Å². The quantitative estimate of drug-likeness (QED) is 0.667. The van der Waals surface area contributed by atoms with Crippen LogP contribution in [0.1, 0.15) is 33.1 Å². The van der Waals surface area contributed by atoms with E-state index in [1.54, 1.807) is 0 Å². The van der Waals surface area contributed by atoms with E-state index in [2.05, 4.69) is 11.9 Å². The highest BCUT2D eigenvalue weighted by molar-refractivity contribution is 4.89. The molecule has 0 amide bonds. The van der Waals surface area contributed by atoms with E-state index in [-0.39, 0.29) is 0 Å². The summed E-state index contributed by atoms with van der Waals surface area (Å²) in [5.74, 6) is 0.776. The first-order valence-electron chi connectivity index (χ1n) is 5.63. The third-order valence-corrected chi connectivity index (χ3v) is 3.33. The van der Waals surface area contributed by atoms with Crippen molar-refractivity contribution in [3.05, 3.63) is 0 Å². The summed E-state index contributed by atoms with van der Waals surface area (Å²) in [7, 11) is 2.07. The van der Waals surface area contributed by atoms with Gasteiger partial charge in [-0.25, -0.2) is 0 Å². The Balaban J connectivity index is 2.42. The molecule has 84 valence electrons. The van der Waals surface area contributed by atoms with Gasteiger partial charge in [-0.3, -0.25) is 4.90 Å². The first-order chi connectivity index (χ1) is 6.50. The van der Waals surface area contributed by atoms with Crippen LogP contribution in [-0.2, 0) is 0 Å². The summed E-state index contributed by atoms with van der Waals surface area (Å²) in [6.07, 6.45) is 3.40.